The summed E-state index contributed by atoms with van der Waals surface area (Å²) in [6.07, 6.45) is 7.06. The number of benzene rings is 7. The van der Waals surface area contributed by atoms with Crippen molar-refractivity contribution in [2.75, 3.05) is 0 Å². The van der Waals surface area contributed by atoms with E-state index in [-0.39, 0.29) is 0 Å². The smallest absolute Gasteiger partial charge is 0.164 e. The number of pyridine rings is 2. The van der Waals surface area contributed by atoms with E-state index in [4.69, 9.17) is 15.0 Å². The molecular formula is C47H29N5. The number of fused-ring (bicyclic) bond motifs is 4. The van der Waals surface area contributed by atoms with E-state index in [1.807, 2.05) is 24.3 Å². The van der Waals surface area contributed by atoms with Gasteiger partial charge in [-0.15, -0.1) is 0 Å². The maximum absolute atomic E-state index is 5.15. The van der Waals surface area contributed by atoms with Crippen molar-refractivity contribution in [3.05, 3.63) is 176 Å². The minimum absolute atomic E-state index is 0.581. The minimum atomic E-state index is 0.581. The lowest BCUT2D eigenvalue weighted by atomic mass is 9.87. The Morgan fingerprint density at radius 1 is 0.269 bits per heavy atom. The summed E-state index contributed by atoms with van der Waals surface area (Å²) in [5, 5.41) is 9.54. The van der Waals surface area contributed by atoms with Crippen molar-refractivity contribution in [3.63, 3.8) is 0 Å². The number of aromatic nitrogens is 5. The molecule has 0 bridgehead atoms. The predicted molar refractivity (Wildman–Crippen MR) is 213 cm³/mol. The van der Waals surface area contributed by atoms with Gasteiger partial charge in [0.15, 0.2) is 17.5 Å². The van der Waals surface area contributed by atoms with Gasteiger partial charge in [0.05, 0.1) is 0 Å². The van der Waals surface area contributed by atoms with Gasteiger partial charge in [-0.2, -0.15) is 0 Å². The molecular weight excluding hydrogens is 635 g/mol. The van der Waals surface area contributed by atoms with E-state index in [1.54, 1.807) is 24.8 Å². The average Bonchev–Trinajstić information content (AvgIpc) is 3.22. The van der Waals surface area contributed by atoms with Crippen LogP contribution >= 0.6 is 0 Å². The fraction of sp³-hybridized carbons (Fsp3) is 0. The van der Waals surface area contributed by atoms with Crippen molar-refractivity contribution in [1.82, 2.24) is 24.9 Å². The van der Waals surface area contributed by atoms with Gasteiger partial charge in [0.2, 0.25) is 0 Å². The fourth-order valence-electron chi connectivity index (χ4n) is 7.46. The lowest BCUT2D eigenvalue weighted by Gasteiger charge is -2.17. The Hall–Kier alpha value is -7.11. The molecule has 0 aliphatic carbocycles. The molecule has 7 aromatic carbocycles. The molecule has 0 aliphatic rings. The normalized spacial score (nSPS) is 11.5. The fourth-order valence-corrected chi connectivity index (χ4v) is 7.46. The van der Waals surface area contributed by atoms with Gasteiger partial charge in [-0.05, 0) is 120 Å². The second-order valence-electron chi connectivity index (χ2n) is 13.0. The highest BCUT2D eigenvalue weighted by atomic mass is 15.0. The summed E-state index contributed by atoms with van der Waals surface area (Å²) >= 11 is 0. The molecule has 242 valence electrons. The van der Waals surface area contributed by atoms with Crippen LogP contribution in [0.25, 0.3) is 99.5 Å². The largest absolute Gasteiger partial charge is 0.265 e. The number of hydrogen-bond donors (Lipinski definition) is 0. The maximum atomic E-state index is 5.15. The first-order valence-electron chi connectivity index (χ1n) is 17.3. The first kappa shape index (κ1) is 29.8. The van der Waals surface area contributed by atoms with E-state index in [0.717, 1.165) is 27.8 Å². The van der Waals surface area contributed by atoms with Gasteiger partial charge in [0, 0.05) is 41.5 Å². The molecule has 0 atom stereocenters. The van der Waals surface area contributed by atoms with Crippen molar-refractivity contribution in [2.24, 2.45) is 0 Å². The highest BCUT2D eigenvalue weighted by molar-refractivity contribution is 6.16. The lowest BCUT2D eigenvalue weighted by Crippen LogP contribution is -2.01. The number of rotatable bonds is 5. The number of hydrogen-bond acceptors (Lipinski definition) is 5. The Labute approximate surface area is 300 Å². The number of nitrogens with zero attached hydrogens (tertiary/aromatic N) is 5. The van der Waals surface area contributed by atoms with Gasteiger partial charge in [0.1, 0.15) is 0 Å². The van der Waals surface area contributed by atoms with E-state index in [2.05, 4.69) is 137 Å². The summed E-state index contributed by atoms with van der Waals surface area (Å²) < 4.78 is 0. The minimum Gasteiger partial charge on any atom is -0.265 e. The molecule has 0 unspecified atom stereocenters. The molecule has 0 saturated carbocycles. The van der Waals surface area contributed by atoms with Gasteiger partial charge < -0.3 is 0 Å². The SMILES string of the molecule is c1ccc2c(-c3cc(-c4nc(-c5ccncc5)nc(-c5ccncc5)n4)cc(-c4c5ccccc5cc5ccccc45)c3)c3ccccc3cc2c1. The van der Waals surface area contributed by atoms with Gasteiger partial charge in [0.25, 0.3) is 0 Å². The van der Waals surface area contributed by atoms with Crippen molar-refractivity contribution in [2.45, 2.75) is 0 Å². The monoisotopic (exact) mass is 663 g/mol. The Morgan fingerprint density at radius 2 is 0.577 bits per heavy atom. The van der Waals surface area contributed by atoms with Crippen molar-refractivity contribution in [1.29, 1.82) is 0 Å². The summed E-state index contributed by atoms with van der Waals surface area (Å²) in [7, 11) is 0. The quantitative estimate of drug-likeness (QED) is 0.171. The van der Waals surface area contributed by atoms with Gasteiger partial charge in [-0.3, -0.25) is 9.97 Å². The van der Waals surface area contributed by atoms with Crippen LogP contribution in [0.15, 0.2) is 176 Å². The van der Waals surface area contributed by atoms with Crippen LogP contribution in [0, 0.1) is 0 Å². The van der Waals surface area contributed by atoms with Crippen LogP contribution in [0.1, 0.15) is 0 Å². The van der Waals surface area contributed by atoms with E-state index in [1.165, 1.54) is 54.2 Å². The average molecular weight is 664 g/mol. The standard InChI is InChI=1S/C47H29N5/c1-5-13-39-32(9-1)25-33-10-2-6-14-40(33)43(39)36-27-37(44-41-15-7-3-11-34(41)26-35-12-4-8-16-42(35)44)29-38(28-36)47-51-45(30-17-21-48-22-18-30)50-46(52-47)31-19-23-49-24-20-31/h1-29H. The zero-order chi connectivity index (χ0) is 34.4. The first-order valence-corrected chi connectivity index (χ1v) is 17.3. The van der Waals surface area contributed by atoms with Crippen molar-refractivity contribution < 1.29 is 0 Å². The maximum Gasteiger partial charge on any atom is 0.164 e. The molecule has 0 saturated heterocycles. The Kier molecular flexibility index (Phi) is 7.07. The molecule has 0 aliphatic heterocycles. The van der Waals surface area contributed by atoms with Crippen LogP contribution in [0.5, 0.6) is 0 Å². The molecule has 0 amide bonds. The van der Waals surface area contributed by atoms with Crippen LogP contribution in [0.2, 0.25) is 0 Å². The lowest BCUT2D eigenvalue weighted by molar-refractivity contribution is 1.07. The second-order valence-corrected chi connectivity index (χ2v) is 13.0. The topological polar surface area (TPSA) is 64.5 Å². The molecule has 0 N–H and O–H groups in total. The van der Waals surface area contributed by atoms with Crippen LogP contribution in [0.3, 0.4) is 0 Å². The zero-order valence-corrected chi connectivity index (χ0v) is 28.0. The van der Waals surface area contributed by atoms with Crippen LogP contribution in [0.4, 0.5) is 0 Å². The Balaban J connectivity index is 1.33. The molecule has 52 heavy (non-hydrogen) atoms. The van der Waals surface area contributed by atoms with Gasteiger partial charge >= 0.3 is 0 Å². The molecule has 3 heterocycles. The summed E-state index contributed by atoms with van der Waals surface area (Å²) in [6.45, 7) is 0. The third kappa shape index (κ3) is 5.15. The summed E-state index contributed by atoms with van der Waals surface area (Å²) in [6, 6.07) is 53.7. The highest BCUT2D eigenvalue weighted by Crippen LogP contribution is 2.43. The summed E-state index contributed by atoms with van der Waals surface area (Å²) in [5.74, 6) is 1.75. The molecule has 10 aromatic rings. The molecule has 5 nitrogen and oxygen atoms in total. The van der Waals surface area contributed by atoms with E-state index in [0.29, 0.717) is 17.5 Å². The van der Waals surface area contributed by atoms with Gasteiger partial charge in [-0.1, -0.05) is 97.1 Å². The van der Waals surface area contributed by atoms with E-state index < -0.39 is 0 Å². The van der Waals surface area contributed by atoms with Crippen molar-refractivity contribution in [3.8, 4) is 56.4 Å². The van der Waals surface area contributed by atoms with Gasteiger partial charge in [-0.25, -0.2) is 15.0 Å². The van der Waals surface area contributed by atoms with Crippen LogP contribution in [-0.2, 0) is 0 Å². The molecule has 0 fully saturated rings. The molecule has 0 radical (unpaired) electrons. The zero-order valence-electron chi connectivity index (χ0n) is 28.0. The van der Waals surface area contributed by atoms with Crippen LogP contribution < -0.4 is 0 Å². The summed E-state index contributed by atoms with van der Waals surface area (Å²) in [5.41, 5.74) is 7.17. The molecule has 3 aromatic heterocycles. The Morgan fingerprint density at radius 3 is 0.942 bits per heavy atom. The molecule has 5 heteroatoms. The third-order valence-electron chi connectivity index (χ3n) is 9.82. The summed E-state index contributed by atoms with van der Waals surface area (Å²) in [4.78, 5) is 23.7. The van der Waals surface area contributed by atoms with Crippen LogP contribution in [-0.4, -0.2) is 24.9 Å². The molecule has 0 spiro atoms. The van der Waals surface area contributed by atoms with E-state index in [9.17, 15) is 0 Å². The molecule has 10 rings (SSSR count). The Bertz CT molecular complexity index is 2660. The third-order valence-corrected chi connectivity index (χ3v) is 9.82. The van der Waals surface area contributed by atoms with E-state index >= 15 is 0 Å². The first-order chi connectivity index (χ1) is 25.8. The second kappa shape index (κ2) is 12.3. The highest BCUT2D eigenvalue weighted by Gasteiger charge is 2.19. The van der Waals surface area contributed by atoms with Crippen molar-refractivity contribution >= 4 is 43.1 Å². The predicted octanol–water partition coefficient (Wildman–Crippen LogP) is 11.6.